The van der Waals surface area contributed by atoms with Gasteiger partial charge in [-0.25, -0.2) is 0 Å². The Labute approximate surface area is 150 Å². The van der Waals surface area contributed by atoms with Crippen LogP contribution in [-0.4, -0.2) is 24.1 Å². The number of nitrogens with one attached hydrogen (secondary N) is 2. The summed E-state index contributed by atoms with van der Waals surface area (Å²) in [5, 5.41) is 9.14. The third-order valence-corrected chi connectivity index (χ3v) is 3.61. The van der Waals surface area contributed by atoms with Crippen LogP contribution in [0.5, 0.6) is 5.75 Å². The van der Waals surface area contributed by atoms with E-state index in [1.807, 2.05) is 0 Å². The van der Waals surface area contributed by atoms with Crippen LogP contribution in [0, 0.1) is 6.92 Å². The fourth-order valence-electron chi connectivity index (χ4n) is 2.35. The standard InChI is InChI=1S/C19H17N3O4/c1-12-10-17(22-26-12)19(24)21-16-9-4-3-8-15(16)18(23)20-13-6-5-7-14(11-13)25-2/h3-11H,1-2H3,(H,20,23)(H,21,24). The van der Waals surface area contributed by atoms with Crippen molar-refractivity contribution in [2.45, 2.75) is 6.92 Å². The number of hydrogen-bond donors (Lipinski definition) is 2. The predicted molar refractivity (Wildman–Crippen MR) is 96.6 cm³/mol. The quantitative estimate of drug-likeness (QED) is 0.734. The van der Waals surface area contributed by atoms with E-state index >= 15 is 0 Å². The Morgan fingerprint density at radius 1 is 1.00 bits per heavy atom. The van der Waals surface area contributed by atoms with Gasteiger partial charge in [0.15, 0.2) is 5.69 Å². The number of carbonyl (C=O) groups is 2. The zero-order valence-corrected chi connectivity index (χ0v) is 14.3. The zero-order valence-electron chi connectivity index (χ0n) is 14.3. The number of methoxy groups -OCH3 is 1. The minimum Gasteiger partial charge on any atom is -0.497 e. The molecule has 2 N–H and O–H groups in total. The normalized spacial score (nSPS) is 10.2. The third kappa shape index (κ3) is 3.89. The van der Waals surface area contributed by atoms with Crippen molar-refractivity contribution in [1.82, 2.24) is 5.16 Å². The van der Waals surface area contributed by atoms with Crippen LogP contribution in [0.2, 0.25) is 0 Å². The Hall–Kier alpha value is -3.61. The lowest BCUT2D eigenvalue weighted by Crippen LogP contribution is -2.18. The first kappa shape index (κ1) is 17.2. The average molecular weight is 351 g/mol. The van der Waals surface area contributed by atoms with Crippen molar-refractivity contribution in [2.24, 2.45) is 0 Å². The predicted octanol–water partition coefficient (Wildman–Crippen LogP) is 3.50. The number of anilines is 2. The molecule has 0 atom stereocenters. The third-order valence-electron chi connectivity index (χ3n) is 3.61. The molecule has 0 aliphatic rings. The van der Waals surface area contributed by atoms with Gasteiger partial charge < -0.3 is 19.9 Å². The van der Waals surface area contributed by atoms with E-state index < -0.39 is 5.91 Å². The van der Waals surface area contributed by atoms with Crippen molar-refractivity contribution in [3.8, 4) is 5.75 Å². The fraction of sp³-hybridized carbons (Fsp3) is 0.105. The van der Waals surface area contributed by atoms with Gasteiger partial charge in [-0.2, -0.15) is 0 Å². The van der Waals surface area contributed by atoms with Crippen LogP contribution in [0.25, 0.3) is 0 Å². The maximum absolute atomic E-state index is 12.6. The topological polar surface area (TPSA) is 93.5 Å². The van der Waals surface area contributed by atoms with Crippen LogP contribution in [0.4, 0.5) is 11.4 Å². The van der Waals surface area contributed by atoms with Crippen molar-refractivity contribution in [1.29, 1.82) is 0 Å². The number of rotatable bonds is 5. The van der Waals surface area contributed by atoms with E-state index in [9.17, 15) is 9.59 Å². The van der Waals surface area contributed by atoms with Gasteiger partial charge in [0, 0.05) is 17.8 Å². The van der Waals surface area contributed by atoms with Gasteiger partial charge in [-0.1, -0.05) is 23.4 Å². The van der Waals surface area contributed by atoms with E-state index in [1.54, 1.807) is 62.6 Å². The lowest BCUT2D eigenvalue weighted by molar-refractivity contribution is 0.101. The molecule has 3 aromatic rings. The number of amides is 2. The molecule has 7 nitrogen and oxygen atoms in total. The van der Waals surface area contributed by atoms with E-state index in [1.165, 1.54) is 6.07 Å². The van der Waals surface area contributed by atoms with Gasteiger partial charge in [0.05, 0.1) is 18.4 Å². The molecule has 0 aliphatic carbocycles. The van der Waals surface area contributed by atoms with Crippen molar-refractivity contribution < 1.29 is 18.8 Å². The molecular formula is C19H17N3O4. The molecular weight excluding hydrogens is 334 g/mol. The molecule has 3 rings (SSSR count). The Bertz CT molecular complexity index is 949. The Morgan fingerprint density at radius 3 is 2.54 bits per heavy atom. The van der Waals surface area contributed by atoms with Gasteiger partial charge in [0.2, 0.25) is 0 Å². The number of hydrogen-bond acceptors (Lipinski definition) is 5. The molecule has 1 heterocycles. The number of para-hydroxylation sites is 1. The second-order valence-electron chi connectivity index (χ2n) is 5.51. The molecule has 0 fully saturated rings. The molecule has 1 aromatic heterocycles. The van der Waals surface area contributed by atoms with Crippen molar-refractivity contribution >= 4 is 23.2 Å². The summed E-state index contributed by atoms with van der Waals surface area (Å²) in [4.78, 5) is 24.9. The Balaban J connectivity index is 1.79. The molecule has 26 heavy (non-hydrogen) atoms. The van der Waals surface area contributed by atoms with Crippen LogP contribution in [0.15, 0.2) is 59.1 Å². The number of aryl methyl sites for hydroxylation is 1. The number of benzene rings is 2. The van der Waals surface area contributed by atoms with Crippen molar-refractivity contribution in [2.75, 3.05) is 17.7 Å². The summed E-state index contributed by atoms with van der Waals surface area (Å²) < 4.78 is 10.0. The van der Waals surface area contributed by atoms with Crippen molar-refractivity contribution in [3.63, 3.8) is 0 Å². The van der Waals surface area contributed by atoms with E-state index in [2.05, 4.69) is 15.8 Å². The largest absolute Gasteiger partial charge is 0.497 e. The highest BCUT2D eigenvalue weighted by atomic mass is 16.5. The highest BCUT2D eigenvalue weighted by Gasteiger charge is 2.16. The molecule has 132 valence electrons. The Kier molecular flexibility index (Phi) is 4.98. The van der Waals surface area contributed by atoms with Crippen molar-refractivity contribution in [3.05, 3.63) is 71.6 Å². The van der Waals surface area contributed by atoms with Gasteiger partial charge in [0.25, 0.3) is 11.8 Å². The van der Waals surface area contributed by atoms with Crippen LogP contribution >= 0.6 is 0 Å². The summed E-state index contributed by atoms with van der Waals surface area (Å²) in [5.74, 6) is 0.346. The van der Waals surface area contributed by atoms with Crippen LogP contribution < -0.4 is 15.4 Å². The number of ether oxygens (including phenoxy) is 1. The summed E-state index contributed by atoms with van der Waals surface area (Å²) in [5.41, 5.74) is 1.43. The zero-order chi connectivity index (χ0) is 18.5. The molecule has 7 heteroatoms. The van der Waals surface area contributed by atoms with Gasteiger partial charge >= 0.3 is 0 Å². The average Bonchev–Trinajstić information content (AvgIpc) is 3.09. The Morgan fingerprint density at radius 2 is 1.81 bits per heavy atom. The summed E-state index contributed by atoms with van der Waals surface area (Å²) in [6, 6.07) is 15.2. The van der Waals surface area contributed by atoms with Crippen LogP contribution in [0.3, 0.4) is 0 Å². The van der Waals surface area contributed by atoms with E-state index in [0.717, 1.165) is 0 Å². The first-order valence-corrected chi connectivity index (χ1v) is 7.86. The number of aromatic nitrogens is 1. The molecule has 0 radical (unpaired) electrons. The summed E-state index contributed by atoms with van der Waals surface area (Å²) >= 11 is 0. The molecule has 0 saturated heterocycles. The first-order valence-electron chi connectivity index (χ1n) is 7.86. The number of carbonyl (C=O) groups excluding carboxylic acids is 2. The number of nitrogens with zero attached hydrogens (tertiary/aromatic N) is 1. The summed E-state index contributed by atoms with van der Waals surface area (Å²) in [6.07, 6.45) is 0. The smallest absolute Gasteiger partial charge is 0.277 e. The second kappa shape index (κ2) is 7.52. The van der Waals surface area contributed by atoms with Gasteiger partial charge in [-0.15, -0.1) is 0 Å². The molecule has 0 saturated carbocycles. The summed E-state index contributed by atoms with van der Waals surface area (Å²) in [6.45, 7) is 1.69. The van der Waals surface area contributed by atoms with Crippen LogP contribution in [0.1, 0.15) is 26.6 Å². The maximum atomic E-state index is 12.6. The molecule has 0 bridgehead atoms. The SMILES string of the molecule is COc1cccc(NC(=O)c2ccccc2NC(=O)c2cc(C)on2)c1. The highest BCUT2D eigenvalue weighted by Crippen LogP contribution is 2.21. The fourth-order valence-corrected chi connectivity index (χ4v) is 2.35. The lowest BCUT2D eigenvalue weighted by atomic mass is 10.1. The lowest BCUT2D eigenvalue weighted by Gasteiger charge is -2.11. The monoisotopic (exact) mass is 351 g/mol. The highest BCUT2D eigenvalue weighted by molar-refractivity contribution is 6.12. The maximum Gasteiger partial charge on any atom is 0.277 e. The minimum atomic E-state index is -0.455. The van der Waals surface area contributed by atoms with E-state index in [0.29, 0.717) is 28.4 Å². The molecule has 0 aliphatic heterocycles. The van der Waals surface area contributed by atoms with Gasteiger partial charge in [-0.3, -0.25) is 9.59 Å². The molecule has 0 unspecified atom stereocenters. The van der Waals surface area contributed by atoms with Gasteiger partial charge in [0.1, 0.15) is 11.5 Å². The molecule has 2 aromatic carbocycles. The van der Waals surface area contributed by atoms with Crippen LogP contribution in [-0.2, 0) is 0 Å². The summed E-state index contributed by atoms with van der Waals surface area (Å²) in [7, 11) is 1.55. The molecule has 2 amide bonds. The molecule has 0 spiro atoms. The minimum absolute atomic E-state index is 0.144. The van der Waals surface area contributed by atoms with E-state index in [4.69, 9.17) is 9.26 Å². The van der Waals surface area contributed by atoms with E-state index in [-0.39, 0.29) is 11.6 Å². The van der Waals surface area contributed by atoms with Gasteiger partial charge in [-0.05, 0) is 31.2 Å². The second-order valence-corrected chi connectivity index (χ2v) is 5.51. The first-order chi connectivity index (χ1) is 12.6.